The van der Waals surface area contributed by atoms with E-state index in [9.17, 15) is 0 Å². The lowest BCUT2D eigenvalue weighted by Crippen LogP contribution is -2.21. The van der Waals surface area contributed by atoms with E-state index in [2.05, 4.69) is 53.2 Å². The number of fused-ring (bicyclic) bond motifs is 1. The van der Waals surface area contributed by atoms with Crippen LogP contribution in [0.25, 0.3) is 11.4 Å². The molecule has 7 heteroatoms. The smallest absolute Gasteiger partial charge is 0.212 e. The molecule has 138 valence electrons. The van der Waals surface area contributed by atoms with Gasteiger partial charge in [-0.25, -0.2) is 0 Å². The second-order valence-corrected chi connectivity index (χ2v) is 7.56. The third-order valence-electron chi connectivity index (χ3n) is 4.60. The average Bonchev–Trinajstić information content (AvgIpc) is 3.13. The van der Waals surface area contributed by atoms with Gasteiger partial charge in [-0.1, -0.05) is 35.5 Å². The molecule has 1 aliphatic heterocycles. The van der Waals surface area contributed by atoms with Gasteiger partial charge < -0.3 is 4.90 Å². The third kappa shape index (κ3) is 3.59. The van der Waals surface area contributed by atoms with Crippen molar-refractivity contribution in [1.82, 2.24) is 14.9 Å². The first kappa shape index (κ1) is 18.1. The van der Waals surface area contributed by atoms with E-state index in [4.69, 9.17) is 16.7 Å². The molecule has 0 atom stereocenters. The molecule has 0 N–H and O–H groups in total. The van der Waals surface area contributed by atoms with E-state index in [-0.39, 0.29) is 0 Å². The number of rotatable bonds is 5. The molecule has 5 nitrogen and oxygen atoms in total. The minimum absolute atomic E-state index is 0.724. The summed E-state index contributed by atoms with van der Waals surface area (Å²) in [5.74, 6) is 1.52. The van der Waals surface area contributed by atoms with Crippen LogP contribution < -0.4 is 4.90 Å². The van der Waals surface area contributed by atoms with Crippen LogP contribution in [0.5, 0.6) is 0 Å². The Kier molecular flexibility index (Phi) is 5.18. The van der Waals surface area contributed by atoms with Gasteiger partial charge in [0.1, 0.15) is 0 Å². The Hall–Kier alpha value is -2.31. The van der Waals surface area contributed by atoms with E-state index in [1.807, 2.05) is 28.9 Å². The predicted molar refractivity (Wildman–Crippen MR) is 113 cm³/mol. The fourth-order valence-electron chi connectivity index (χ4n) is 3.10. The van der Waals surface area contributed by atoms with Crippen molar-refractivity contribution in [3.05, 3.63) is 59.1 Å². The number of thioether (sulfide) groups is 1. The molecule has 2 aromatic carbocycles. The van der Waals surface area contributed by atoms with E-state index in [0.29, 0.717) is 0 Å². The normalized spacial score (nSPS) is 13.2. The lowest BCUT2D eigenvalue weighted by Gasteiger charge is -2.21. The monoisotopic (exact) mass is 397 g/mol. The van der Waals surface area contributed by atoms with E-state index in [1.165, 1.54) is 5.69 Å². The lowest BCUT2D eigenvalue weighted by molar-refractivity contribution is 0.762. The zero-order valence-corrected chi connectivity index (χ0v) is 16.8. The average molecular weight is 398 g/mol. The maximum atomic E-state index is 6.00. The molecule has 4 rings (SSSR count). The van der Waals surface area contributed by atoms with Gasteiger partial charge in [-0.3, -0.25) is 0 Å². The second kappa shape index (κ2) is 7.74. The highest BCUT2D eigenvalue weighted by Gasteiger charge is 2.20. The largest absolute Gasteiger partial charge is 0.372 e. The van der Waals surface area contributed by atoms with Crippen molar-refractivity contribution in [3.63, 3.8) is 0 Å². The highest BCUT2D eigenvalue weighted by Crippen LogP contribution is 2.29. The summed E-state index contributed by atoms with van der Waals surface area (Å²) in [5, 5.41) is 15.0. The highest BCUT2D eigenvalue weighted by atomic mass is 35.5. The molecule has 27 heavy (non-hydrogen) atoms. The molecule has 0 amide bonds. The summed E-state index contributed by atoms with van der Waals surface area (Å²) in [6, 6.07) is 16.2. The molecule has 0 spiro atoms. The van der Waals surface area contributed by atoms with Crippen LogP contribution in [0, 0.1) is 0 Å². The molecular weight excluding hydrogens is 378 g/mol. The second-order valence-electron chi connectivity index (χ2n) is 6.18. The molecule has 1 aromatic heterocycles. The zero-order chi connectivity index (χ0) is 18.8. The van der Waals surface area contributed by atoms with E-state index in [0.717, 1.165) is 51.7 Å². The Morgan fingerprint density at radius 1 is 0.963 bits per heavy atom. The van der Waals surface area contributed by atoms with E-state index >= 15 is 0 Å². The molecule has 0 fully saturated rings. The van der Waals surface area contributed by atoms with Gasteiger partial charge in [0.15, 0.2) is 5.82 Å². The fraction of sp³-hybridized carbons (Fsp3) is 0.250. The van der Waals surface area contributed by atoms with Gasteiger partial charge >= 0.3 is 0 Å². The maximum absolute atomic E-state index is 6.00. The van der Waals surface area contributed by atoms with Gasteiger partial charge in [-0.05, 0) is 55.8 Å². The van der Waals surface area contributed by atoms with Gasteiger partial charge in [0.05, 0.1) is 5.71 Å². The van der Waals surface area contributed by atoms with Crippen molar-refractivity contribution >= 4 is 34.8 Å². The van der Waals surface area contributed by atoms with Crippen LogP contribution in [-0.2, 0) is 0 Å². The number of anilines is 1. The quantitative estimate of drug-likeness (QED) is 0.620. The minimum Gasteiger partial charge on any atom is -0.372 e. The first-order chi connectivity index (χ1) is 13.2. The van der Waals surface area contributed by atoms with Gasteiger partial charge in [0.25, 0.3) is 0 Å². The topological polar surface area (TPSA) is 46.3 Å². The number of benzene rings is 2. The van der Waals surface area contributed by atoms with Crippen molar-refractivity contribution in [2.24, 2.45) is 5.10 Å². The SMILES string of the molecule is CCN(CC)c1ccc(-c2nnc3n2N=C(c2ccc(Cl)cc2)CS3)cc1. The van der Waals surface area contributed by atoms with Gasteiger partial charge in [0.2, 0.25) is 5.16 Å². The number of nitrogens with zero attached hydrogens (tertiary/aromatic N) is 5. The maximum Gasteiger partial charge on any atom is 0.212 e. The van der Waals surface area contributed by atoms with Gasteiger partial charge in [0, 0.05) is 35.1 Å². The number of hydrogen-bond donors (Lipinski definition) is 0. The zero-order valence-electron chi connectivity index (χ0n) is 15.3. The molecular formula is C20H20ClN5S. The Bertz CT molecular complexity index is 959. The lowest BCUT2D eigenvalue weighted by atomic mass is 10.1. The Labute approximate surface area is 168 Å². The van der Waals surface area contributed by atoms with Crippen molar-refractivity contribution in [2.75, 3.05) is 23.7 Å². The van der Waals surface area contributed by atoms with Gasteiger partial charge in [-0.15, -0.1) is 10.2 Å². The molecule has 0 saturated carbocycles. The van der Waals surface area contributed by atoms with Crippen LogP contribution >= 0.6 is 23.4 Å². The summed E-state index contributed by atoms with van der Waals surface area (Å²) in [7, 11) is 0. The number of aromatic nitrogens is 3. The minimum atomic E-state index is 0.724. The van der Waals surface area contributed by atoms with Crippen molar-refractivity contribution < 1.29 is 0 Å². The summed E-state index contributed by atoms with van der Waals surface area (Å²) in [4.78, 5) is 2.32. The van der Waals surface area contributed by atoms with Crippen LogP contribution in [-0.4, -0.2) is 39.4 Å². The molecule has 0 bridgehead atoms. The predicted octanol–water partition coefficient (Wildman–Crippen LogP) is 4.80. The summed E-state index contributed by atoms with van der Waals surface area (Å²) < 4.78 is 1.84. The summed E-state index contributed by atoms with van der Waals surface area (Å²) >= 11 is 7.65. The van der Waals surface area contributed by atoms with Crippen LogP contribution in [0.3, 0.4) is 0 Å². The number of halogens is 1. The molecule has 0 saturated heterocycles. The molecule has 1 aliphatic rings. The van der Waals surface area contributed by atoms with Crippen LogP contribution in [0.2, 0.25) is 5.02 Å². The Morgan fingerprint density at radius 2 is 1.63 bits per heavy atom. The standard InChI is InChI=1S/C20H20ClN5S/c1-3-25(4-2)17-11-7-15(8-12-17)19-22-23-20-26(19)24-18(13-27-20)14-5-9-16(21)10-6-14/h5-12H,3-4,13H2,1-2H3. The van der Waals surface area contributed by atoms with Crippen molar-refractivity contribution in [1.29, 1.82) is 0 Å². The highest BCUT2D eigenvalue weighted by molar-refractivity contribution is 7.99. The fourth-order valence-corrected chi connectivity index (χ4v) is 4.07. The van der Waals surface area contributed by atoms with Crippen molar-refractivity contribution in [3.8, 4) is 11.4 Å². The van der Waals surface area contributed by atoms with Crippen LogP contribution in [0.1, 0.15) is 19.4 Å². The summed E-state index contributed by atoms with van der Waals surface area (Å²) in [5.41, 5.74) is 4.27. The molecule has 0 unspecified atom stereocenters. The molecule has 2 heterocycles. The first-order valence-electron chi connectivity index (χ1n) is 8.97. The summed E-state index contributed by atoms with van der Waals surface area (Å²) in [6.45, 7) is 6.30. The van der Waals surface area contributed by atoms with E-state index < -0.39 is 0 Å². The first-order valence-corrected chi connectivity index (χ1v) is 10.3. The Balaban J connectivity index is 1.68. The molecule has 3 aromatic rings. The third-order valence-corrected chi connectivity index (χ3v) is 5.78. The van der Waals surface area contributed by atoms with Crippen LogP contribution in [0.4, 0.5) is 5.69 Å². The summed E-state index contributed by atoms with van der Waals surface area (Å²) in [6.07, 6.45) is 0. The van der Waals surface area contributed by atoms with Gasteiger partial charge in [-0.2, -0.15) is 9.78 Å². The molecule has 0 aliphatic carbocycles. The van der Waals surface area contributed by atoms with E-state index in [1.54, 1.807) is 11.8 Å². The van der Waals surface area contributed by atoms with Crippen LogP contribution in [0.15, 0.2) is 58.8 Å². The molecule has 0 radical (unpaired) electrons. The Morgan fingerprint density at radius 3 is 2.30 bits per heavy atom. The van der Waals surface area contributed by atoms with Crippen molar-refractivity contribution in [2.45, 2.75) is 19.0 Å². The number of hydrogen-bond acceptors (Lipinski definition) is 5.